The van der Waals surface area contributed by atoms with Crippen LogP contribution in [-0.4, -0.2) is 4.98 Å². The van der Waals surface area contributed by atoms with Gasteiger partial charge in [0.05, 0.1) is 16.2 Å². The van der Waals surface area contributed by atoms with E-state index in [1.54, 1.807) is 0 Å². The molecule has 3 aromatic rings. The molecule has 4 rings (SSSR count). The number of aromatic nitrogens is 1. The molecule has 1 aliphatic rings. The summed E-state index contributed by atoms with van der Waals surface area (Å²) in [5.41, 5.74) is 5.03. The summed E-state index contributed by atoms with van der Waals surface area (Å²) in [4.78, 5) is 4.69. The van der Waals surface area contributed by atoms with E-state index in [-0.39, 0.29) is 0 Å². The Labute approximate surface area is 122 Å². The third kappa shape index (κ3) is 1.61. The zero-order valence-corrected chi connectivity index (χ0v) is 11.7. The summed E-state index contributed by atoms with van der Waals surface area (Å²) in [5.74, 6) is 0.886. The van der Waals surface area contributed by atoms with Crippen LogP contribution in [0.5, 0.6) is 5.75 Å². The van der Waals surface area contributed by atoms with E-state index >= 15 is 0 Å². The molecule has 0 fully saturated rings. The third-order valence-electron chi connectivity index (χ3n) is 3.67. The molecule has 98 valence electrons. The second-order valence-electron chi connectivity index (χ2n) is 5.05. The van der Waals surface area contributed by atoms with Gasteiger partial charge in [-0.3, -0.25) is 0 Å². The molecule has 0 bridgehead atoms. The average Bonchev–Trinajstić information content (AvgIpc) is 2.47. The molecule has 0 atom stereocenters. The highest BCUT2D eigenvalue weighted by Gasteiger charge is 2.23. The van der Waals surface area contributed by atoms with Crippen LogP contribution in [0.4, 0.5) is 0 Å². The summed E-state index contributed by atoms with van der Waals surface area (Å²) >= 11 is 6.63. The van der Waals surface area contributed by atoms with Crippen molar-refractivity contribution >= 4 is 22.5 Å². The molecule has 2 heterocycles. The number of para-hydroxylation sites is 1. The third-order valence-corrected chi connectivity index (χ3v) is 4.07. The van der Waals surface area contributed by atoms with Crippen LogP contribution in [0.25, 0.3) is 22.0 Å². The Morgan fingerprint density at radius 2 is 2.00 bits per heavy atom. The van der Waals surface area contributed by atoms with E-state index in [1.807, 2.05) is 30.3 Å². The minimum Gasteiger partial charge on any atom is -0.487 e. The smallest absolute Gasteiger partial charge is 0.131 e. The summed E-state index contributed by atoms with van der Waals surface area (Å²) < 4.78 is 5.81. The Bertz CT molecular complexity index is 842. The average molecular weight is 282 g/mol. The standard InChI is InChI=1S/C17H12ClNO/c1-10-6-7-12-15(8-10)20-9-14-16(12)17(18)11-4-2-3-5-13(11)19-14/h2-8H,9H2,1H3. The summed E-state index contributed by atoms with van der Waals surface area (Å²) in [7, 11) is 0. The van der Waals surface area contributed by atoms with Gasteiger partial charge in [-0.25, -0.2) is 4.98 Å². The lowest BCUT2D eigenvalue weighted by Gasteiger charge is -2.22. The van der Waals surface area contributed by atoms with Crippen molar-refractivity contribution in [2.45, 2.75) is 13.5 Å². The number of halogens is 1. The number of aryl methyl sites for hydroxylation is 1. The van der Waals surface area contributed by atoms with Crippen LogP contribution in [0.2, 0.25) is 5.02 Å². The highest BCUT2D eigenvalue weighted by atomic mass is 35.5. The number of nitrogens with zero attached hydrogens (tertiary/aromatic N) is 1. The molecule has 2 nitrogen and oxygen atoms in total. The van der Waals surface area contributed by atoms with Gasteiger partial charge in [0.25, 0.3) is 0 Å². The largest absolute Gasteiger partial charge is 0.487 e. The first-order valence-corrected chi connectivity index (χ1v) is 6.93. The molecule has 0 saturated heterocycles. The predicted molar refractivity (Wildman–Crippen MR) is 81.3 cm³/mol. The highest BCUT2D eigenvalue weighted by Crippen LogP contribution is 2.43. The molecule has 0 unspecified atom stereocenters. The van der Waals surface area contributed by atoms with Crippen LogP contribution in [0.1, 0.15) is 11.3 Å². The van der Waals surface area contributed by atoms with Gasteiger partial charge in [-0.2, -0.15) is 0 Å². The molecular weight excluding hydrogens is 270 g/mol. The summed E-state index contributed by atoms with van der Waals surface area (Å²) in [6.45, 7) is 2.52. The molecule has 2 aromatic carbocycles. The monoisotopic (exact) mass is 281 g/mol. The topological polar surface area (TPSA) is 22.1 Å². The lowest BCUT2D eigenvalue weighted by molar-refractivity contribution is 0.297. The maximum atomic E-state index is 6.63. The fraction of sp³-hybridized carbons (Fsp3) is 0.118. The van der Waals surface area contributed by atoms with Gasteiger partial charge in [0, 0.05) is 16.5 Å². The number of fused-ring (bicyclic) bond motifs is 4. The van der Waals surface area contributed by atoms with Crippen molar-refractivity contribution in [3.63, 3.8) is 0 Å². The minimum absolute atomic E-state index is 0.469. The van der Waals surface area contributed by atoms with Crippen LogP contribution < -0.4 is 4.74 Å². The van der Waals surface area contributed by atoms with Gasteiger partial charge >= 0.3 is 0 Å². The number of ether oxygens (including phenoxy) is 1. The second-order valence-corrected chi connectivity index (χ2v) is 5.43. The Morgan fingerprint density at radius 1 is 1.15 bits per heavy atom. The van der Waals surface area contributed by atoms with Crippen molar-refractivity contribution < 1.29 is 4.74 Å². The summed E-state index contributed by atoms with van der Waals surface area (Å²) in [6.07, 6.45) is 0. The van der Waals surface area contributed by atoms with E-state index in [0.29, 0.717) is 6.61 Å². The first-order chi connectivity index (χ1) is 9.74. The van der Waals surface area contributed by atoms with Crippen molar-refractivity contribution in [3.8, 4) is 16.9 Å². The lowest BCUT2D eigenvalue weighted by Crippen LogP contribution is -2.08. The number of rotatable bonds is 0. The number of benzene rings is 2. The maximum absolute atomic E-state index is 6.63. The minimum atomic E-state index is 0.469. The molecule has 0 radical (unpaired) electrons. The van der Waals surface area contributed by atoms with Crippen LogP contribution in [-0.2, 0) is 6.61 Å². The van der Waals surface area contributed by atoms with Crippen LogP contribution >= 0.6 is 11.6 Å². The lowest BCUT2D eigenvalue weighted by atomic mass is 9.97. The van der Waals surface area contributed by atoms with Crippen molar-refractivity contribution in [2.75, 3.05) is 0 Å². The van der Waals surface area contributed by atoms with Crippen molar-refractivity contribution in [1.82, 2.24) is 4.98 Å². The fourth-order valence-corrected chi connectivity index (χ4v) is 3.07. The number of pyridine rings is 1. The molecule has 0 spiro atoms. The van der Waals surface area contributed by atoms with E-state index < -0.39 is 0 Å². The van der Waals surface area contributed by atoms with E-state index in [2.05, 4.69) is 24.0 Å². The first kappa shape index (κ1) is 11.7. The quantitative estimate of drug-likeness (QED) is 0.593. The molecule has 20 heavy (non-hydrogen) atoms. The molecule has 3 heteroatoms. The molecule has 1 aliphatic heterocycles. The van der Waals surface area contributed by atoms with Gasteiger partial charge in [-0.05, 0) is 24.6 Å². The molecule has 0 N–H and O–H groups in total. The Hall–Kier alpha value is -2.06. The Kier molecular flexibility index (Phi) is 2.48. The van der Waals surface area contributed by atoms with Gasteiger partial charge in [0.2, 0.25) is 0 Å². The van der Waals surface area contributed by atoms with Gasteiger partial charge in [0.1, 0.15) is 12.4 Å². The van der Waals surface area contributed by atoms with Gasteiger partial charge in [-0.15, -0.1) is 0 Å². The SMILES string of the molecule is Cc1ccc2c(c1)OCc1nc3ccccc3c(Cl)c1-2. The maximum Gasteiger partial charge on any atom is 0.131 e. The van der Waals surface area contributed by atoms with Gasteiger partial charge < -0.3 is 4.74 Å². The van der Waals surface area contributed by atoms with Crippen molar-refractivity contribution in [1.29, 1.82) is 0 Å². The Balaban J connectivity index is 2.09. The Morgan fingerprint density at radius 3 is 2.90 bits per heavy atom. The van der Waals surface area contributed by atoms with Gasteiger partial charge in [0.15, 0.2) is 0 Å². The van der Waals surface area contributed by atoms with Crippen LogP contribution in [0.15, 0.2) is 42.5 Å². The zero-order chi connectivity index (χ0) is 13.7. The number of hydrogen-bond donors (Lipinski definition) is 0. The molecular formula is C17H12ClNO. The summed E-state index contributed by atoms with van der Waals surface area (Å²) in [6, 6.07) is 14.1. The van der Waals surface area contributed by atoms with E-state index in [9.17, 15) is 0 Å². The number of hydrogen-bond acceptors (Lipinski definition) is 2. The first-order valence-electron chi connectivity index (χ1n) is 6.55. The second kappa shape index (κ2) is 4.22. The fourth-order valence-electron chi connectivity index (χ4n) is 2.70. The van der Waals surface area contributed by atoms with Gasteiger partial charge in [-0.1, -0.05) is 41.9 Å². The highest BCUT2D eigenvalue weighted by molar-refractivity contribution is 6.38. The summed E-state index contributed by atoms with van der Waals surface area (Å²) in [5, 5.41) is 1.75. The van der Waals surface area contributed by atoms with E-state index in [1.165, 1.54) is 5.56 Å². The molecule has 1 aromatic heterocycles. The molecule has 0 saturated carbocycles. The van der Waals surface area contributed by atoms with E-state index in [4.69, 9.17) is 16.3 Å². The van der Waals surface area contributed by atoms with E-state index in [0.717, 1.165) is 38.5 Å². The van der Waals surface area contributed by atoms with Crippen molar-refractivity contribution in [2.24, 2.45) is 0 Å². The van der Waals surface area contributed by atoms with Crippen LogP contribution in [0, 0.1) is 6.92 Å². The molecule has 0 amide bonds. The van der Waals surface area contributed by atoms with Crippen LogP contribution in [0.3, 0.4) is 0 Å². The predicted octanol–water partition coefficient (Wildman–Crippen LogP) is 4.76. The zero-order valence-electron chi connectivity index (χ0n) is 11.0. The van der Waals surface area contributed by atoms with Crippen molar-refractivity contribution in [3.05, 3.63) is 58.7 Å². The normalized spacial score (nSPS) is 12.7. The molecule has 0 aliphatic carbocycles.